The predicted molar refractivity (Wildman–Crippen MR) is 71.5 cm³/mol. The van der Waals surface area contributed by atoms with Crippen molar-refractivity contribution in [2.24, 2.45) is 11.8 Å². The zero-order chi connectivity index (χ0) is 13.4. The van der Waals surface area contributed by atoms with Crippen molar-refractivity contribution in [3.05, 3.63) is 0 Å². The zero-order valence-electron chi connectivity index (χ0n) is 12.2. The van der Waals surface area contributed by atoms with Crippen LogP contribution in [0.3, 0.4) is 0 Å². The third kappa shape index (κ3) is 16.4. The Hall–Kier alpha value is -0.0800. The Bertz CT molecular complexity index is 143. The van der Waals surface area contributed by atoms with Crippen molar-refractivity contribution in [1.29, 1.82) is 0 Å². The van der Waals surface area contributed by atoms with Crippen LogP contribution in [0.5, 0.6) is 0 Å². The van der Waals surface area contributed by atoms with Gasteiger partial charge in [-0.3, -0.25) is 0 Å². The lowest BCUT2D eigenvalue weighted by Gasteiger charge is -2.22. The van der Waals surface area contributed by atoms with E-state index in [-0.39, 0.29) is 6.10 Å². The highest BCUT2D eigenvalue weighted by Gasteiger charge is 2.18. The molecule has 0 amide bonds. The van der Waals surface area contributed by atoms with E-state index in [4.69, 9.17) is 5.11 Å². The van der Waals surface area contributed by atoms with Crippen molar-refractivity contribution in [1.82, 2.24) is 0 Å². The molecule has 2 atom stereocenters. The topological polar surface area (TPSA) is 40.5 Å². The molecule has 0 aliphatic carbocycles. The van der Waals surface area contributed by atoms with Gasteiger partial charge in [0.15, 0.2) is 0 Å². The Morgan fingerprint density at radius 1 is 1.00 bits per heavy atom. The summed E-state index contributed by atoms with van der Waals surface area (Å²) in [6.45, 7) is 14.2. The molecule has 0 rings (SSSR count). The first-order valence-electron chi connectivity index (χ1n) is 6.51. The second kappa shape index (κ2) is 9.00. The van der Waals surface area contributed by atoms with Gasteiger partial charge in [0.2, 0.25) is 0 Å². The summed E-state index contributed by atoms with van der Waals surface area (Å²) in [5.74, 6) is 1.22. The Morgan fingerprint density at radius 2 is 1.44 bits per heavy atom. The molecule has 2 unspecified atom stereocenters. The third-order valence-electron chi connectivity index (χ3n) is 2.42. The molecule has 2 nitrogen and oxygen atoms in total. The summed E-state index contributed by atoms with van der Waals surface area (Å²) in [4.78, 5) is 0. The first-order chi connectivity index (χ1) is 7.10. The van der Waals surface area contributed by atoms with E-state index in [0.717, 1.165) is 19.3 Å². The Kier molecular flexibility index (Phi) is 10.3. The molecular weight excluding hydrogens is 200 g/mol. The molecule has 0 heterocycles. The van der Waals surface area contributed by atoms with Crippen molar-refractivity contribution in [3.8, 4) is 0 Å². The summed E-state index contributed by atoms with van der Waals surface area (Å²) >= 11 is 0. The van der Waals surface area contributed by atoms with Gasteiger partial charge in [0.25, 0.3) is 0 Å². The highest BCUT2D eigenvalue weighted by Crippen LogP contribution is 2.18. The lowest BCUT2D eigenvalue weighted by Crippen LogP contribution is -2.24. The summed E-state index contributed by atoms with van der Waals surface area (Å²) in [6.07, 6.45) is 2.55. The third-order valence-corrected chi connectivity index (χ3v) is 2.42. The summed E-state index contributed by atoms with van der Waals surface area (Å²) in [5, 5.41) is 18.2. The largest absolute Gasteiger partial charge is 0.393 e. The highest BCUT2D eigenvalue weighted by molar-refractivity contribution is 4.71. The van der Waals surface area contributed by atoms with Crippen LogP contribution in [0, 0.1) is 11.8 Å². The van der Waals surface area contributed by atoms with Crippen LogP contribution >= 0.6 is 0 Å². The average molecular weight is 232 g/mol. The van der Waals surface area contributed by atoms with Crippen LogP contribution in [0.15, 0.2) is 0 Å². The van der Waals surface area contributed by atoms with Crippen LogP contribution in [0.1, 0.15) is 67.7 Å². The van der Waals surface area contributed by atoms with Crippen molar-refractivity contribution >= 4 is 0 Å². The van der Waals surface area contributed by atoms with Crippen LogP contribution in [-0.2, 0) is 0 Å². The van der Waals surface area contributed by atoms with E-state index in [2.05, 4.69) is 27.7 Å². The second-order valence-corrected chi connectivity index (χ2v) is 5.93. The fraction of sp³-hybridized carbons (Fsp3) is 1.00. The molecule has 0 aromatic heterocycles. The zero-order valence-corrected chi connectivity index (χ0v) is 12.2. The van der Waals surface area contributed by atoms with Crippen molar-refractivity contribution in [2.75, 3.05) is 0 Å². The minimum absolute atomic E-state index is 0.125. The molecule has 0 radical (unpaired) electrons. The van der Waals surface area contributed by atoms with Crippen molar-refractivity contribution in [3.63, 3.8) is 0 Å². The fourth-order valence-corrected chi connectivity index (χ4v) is 1.71. The second-order valence-electron chi connectivity index (χ2n) is 5.93. The quantitative estimate of drug-likeness (QED) is 0.760. The van der Waals surface area contributed by atoms with E-state index in [0.29, 0.717) is 11.8 Å². The minimum atomic E-state index is -0.436. The van der Waals surface area contributed by atoms with Gasteiger partial charge in [-0.25, -0.2) is 0 Å². The van der Waals surface area contributed by atoms with Gasteiger partial charge < -0.3 is 10.2 Å². The minimum Gasteiger partial charge on any atom is -0.393 e. The molecule has 0 fully saturated rings. The summed E-state index contributed by atoms with van der Waals surface area (Å²) in [6, 6.07) is 0. The summed E-state index contributed by atoms with van der Waals surface area (Å²) < 4.78 is 0. The van der Waals surface area contributed by atoms with E-state index in [1.54, 1.807) is 0 Å². The predicted octanol–water partition coefficient (Wildman–Crippen LogP) is 3.61. The van der Waals surface area contributed by atoms with Gasteiger partial charge in [0.1, 0.15) is 0 Å². The number of hydrogen-bond donors (Lipinski definition) is 2. The first kappa shape index (κ1) is 18.3. The Labute approximate surface area is 102 Å². The molecule has 0 aromatic rings. The summed E-state index contributed by atoms with van der Waals surface area (Å²) in [7, 11) is 0. The number of hydrogen-bond acceptors (Lipinski definition) is 2. The SMILES string of the molecule is CC(C)CC(C)O.CCC(C)(O)CC(C)C. The van der Waals surface area contributed by atoms with Crippen LogP contribution in [-0.4, -0.2) is 21.9 Å². The number of aliphatic hydroxyl groups excluding tert-OH is 1. The van der Waals surface area contributed by atoms with E-state index < -0.39 is 5.60 Å². The molecular formula is C14H32O2. The van der Waals surface area contributed by atoms with E-state index in [1.807, 2.05) is 20.8 Å². The Balaban J connectivity index is 0. The van der Waals surface area contributed by atoms with E-state index in [9.17, 15) is 5.11 Å². The maximum absolute atomic E-state index is 9.49. The van der Waals surface area contributed by atoms with Gasteiger partial charge in [0, 0.05) is 0 Å². The van der Waals surface area contributed by atoms with Crippen LogP contribution in [0.2, 0.25) is 0 Å². The lowest BCUT2D eigenvalue weighted by atomic mass is 9.92. The van der Waals surface area contributed by atoms with Crippen LogP contribution in [0.25, 0.3) is 0 Å². The molecule has 0 spiro atoms. The van der Waals surface area contributed by atoms with Gasteiger partial charge in [-0.2, -0.15) is 0 Å². The molecule has 0 saturated heterocycles. The maximum atomic E-state index is 9.49. The molecule has 16 heavy (non-hydrogen) atoms. The van der Waals surface area contributed by atoms with Gasteiger partial charge in [-0.05, 0) is 44.9 Å². The molecule has 0 aliphatic heterocycles. The molecule has 0 bridgehead atoms. The summed E-state index contributed by atoms with van der Waals surface area (Å²) in [5.41, 5.74) is -0.436. The van der Waals surface area contributed by atoms with Crippen LogP contribution in [0.4, 0.5) is 0 Å². The molecule has 2 N–H and O–H groups in total. The molecule has 100 valence electrons. The molecule has 2 heteroatoms. The average Bonchev–Trinajstić information content (AvgIpc) is 2.00. The van der Waals surface area contributed by atoms with E-state index >= 15 is 0 Å². The number of aliphatic hydroxyl groups is 2. The van der Waals surface area contributed by atoms with Gasteiger partial charge >= 0.3 is 0 Å². The number of rotatable bonds is 5. The van der Waals surface area contributed by atoms with Crippen molar-refractivity contribution < 1.29 is 10.2 Å². The fourth-order valence-electron chi connectivity index (χ4n) is 1.71. The maximum Gasteiger partial charge on any atom is 0.0619 e. The van der Waals surface area contributed by atoms with Crippen LogP contribution < -0.4 is 0 Å². The monoisotopic (exact) mass is 232 g/mol. The Morgan fingerprint density at radius 3 is 1.50 bits per heavy atom. The van der Waals surface area contributed by atoms with Gasteiger partial charge in [-0.15, -0.1) is 0 Å². The van der Waals surface area contributed by atoms with Crippen molar-refractivity contribution in [2.45, 2.75) is 79.4 Å². The standard InChI is InChI=1S/C8H18O.C6H14O/c1-5-8(4,9)6-7(2)3;1-5(2)4-6(3)7/h7,9H,5-6H2,1-4H3;5-7H,4H2,1-3H3. The molecule has 0 aliphatic rings. The molecule has 0 saturated carbocycles. The normalized spacial score (nSPS) is 16.7. The lowest BCUT2D eigenvalue weighted by molar-refractivity contribution is 0.0347. The first-order valence-corrected chi connectivity index (χ1v) is 6.51. The van der Waals surface area contributed by atoms with Gasteiger partial charge in [0.05, 0.1) is 11.7 Å². The highest BCUT2D eigenvalue weighted by atomic mass is 16.3. The smallest absolute Gasteiger partial charge is 0.0619 e. The van der Waals surface area contributed by atoms with Gasteiger partial charge in [-0.1, -0.05) is 34.6 Å². The molecule has 0 aromatic carbocycles. The van der Waals surface area contributed by atoms with E-state index in [1.165, 1.54) is 0 Å².